The van der Waals surface area contributed by atoms with Crippen LogP contribution in [-0.2, 0) is 11.2 Å². The number of hydrogen-bond donors (Lipinski definition) is 2. The van der Waals surface area contributed by atoms with E-state index in [2.05, 4.69) is 22.2 Å². The molecule has 0 aliphatic rings. The number of carbonyl (C=O) groups is 2. The SMILES string of the molecule is C=C(C)COc1cc2oc(=O)c(CC(=O)NCCNC(=O)c3ccncc3)c(C)c2cc1Cl. The lowest BCUT2D eigenvalue weighted by molar-refractivity contribution is -0.120. The molecule has 33 heavy (non-hydrogen) atoms. The van der Waals surface area contributed by atoms with Crippen LogP contribution in [0.1, 0.15) is 28.4 Å². The van der Waals surface area contributed by atoms with E-state index < -0.39 is 5.63 Å². The zero-order valence-corrected chi connectivity index (χ0v) is 19.1. The van der Waals surface area contributed by atoms with E-state index in [0.717, 1.165) is 5.57 Å². The Morgan fingerprint density at radius 2 is 1.88 bits per heavy atom. The lowest BCUT2D eigenvalue weighted by Crippen LogP contribution is -2.36. The molecule has 3 aromatic rings. The van der Waals surface area contributed by atoms with E-state index in [0.29, 0.717) is 32.9 Å². The Labute approximate surface area is 195 Å². The zero-order chi connectivity index (χ0) is 24.0. The lowest BCUT2D eigenvalue weighted by Gasteiger charge is -2.12. The molecule has 0 saturated carbocycles. The summed E-state index contributed by atoms with van der Waals surface area (Å²) in [5.74, 6) is -0.245. The van der Waals surface area contributed by atoms with E-state index in [1.165, 1.54) is 12.4 Å². The Kier molecular flexibility index (Phi) is 7.84. The number of aryl methyl sites for hydroxylation is 1. The highest BCUT2D eigenvalue weighted by Crippen LogP contribution is 2.32. The van der Waals surface area contributed by atoms with Crippen LogP contribution in [0.2, 0.25) is 5.02 Å². The third-order valence-corrected chi connectivity index (χ3v) is 5.12. The van der Waals surface area contributed by atoms with Crippen LogP contribution in [0.3, 0.4) is 0 Å². The van der Waals surface area contributed by atoms with Gasteiger partial charge < -0.3 is 19.8 Å². The minimum Gasteiger partial charge on any atom is -0.488 e. The zero-order valence-electron chi connectivity index (χ0n) is 18.4. The van der Waals surface area contributed by atoms with Crippen LogP contribution in [0.15, 0.2) is 58.0 Å². The molecule has 0 atom stereocenters. The number of nitrogens with one attached hydrogen (secondary N) is 2. The van der Waals surface area contributed by atoms with E-state index in [-0.39, 0.29) is 43.5 Å². The number of fused-ring (bicyclic) bond motifs is 1. The van der Waals surface area contributed by atoms with Gasteiger partial charge in [-0.1, -0.05) is 18.2 Å². The summed E-state index contributed by atoms with van der Waals surface area (Å²) in [6.07, 6.45) is 2.89. The molecule has 0 aliphatic heterocycles. The maximum absolute atomic E-state index is 12.5. The number of aromatic nitrogens is 1. The summed E-state index contributed by atoms with van der Waals surface area (Å²) in [7, 11) is 0. The van der Waals surface area contributed by atoms with Crippen LogP contribution in [0.5, 0.6) is 5.75 Å². The maximum Gasteiger partial charge on any atom is 0.340 e. The van der Waals surface area contributed by atoms with Crippen molar-refractivity contribution in [1.29, 1.82) is 0 Å². The molecule has 2 aromatic heterocycles. The molecule has 2 heterocycles. The van der Waals surface area contributed by atoms with E-state index in [1.807, 2.05) is 6.92 Å². The Morgan fingerprint density at radius 3 is 2.58 bits per heavy atom. The highest BCUT2D eigenvalue weighted by atomic mass is 35.5. The van der Waals surface area contributed by atoms with E-state index in [1.54, 1.807) is 31.2 Å². The quantitative estimate of drug-likeness (QED) is 0.283. The van der Waals surface area contributed by atoms with Gasteiger partial charge in [-0.3, -0.25) is 14.6 Å². The van der Waals surface area contributed by atoms with E-state index >= 15 is 0 Å². The second-order valence-corrected chi connectivity index (χ2v) is 7.94. The summed E-state index contributed by atoms with van der Waals surface area (Å²) in [5.41, 5.74) is 1.87. The van der Waals surface area contributed by atoms with Crippen molar-refractivity contribution >= 4 is 34.4 Å². The van der Waals surface area contributed by atoms with Crippen LogP contribution >= 0.6 is 11.6 Å². The fourth-order valence-electron chi connectivity index (χ4n) is 3.11. The Balaban J connectivity index is 1.64. The number of halogens is 1. The molecule has 0 radical (unpaired) electrons. The summed E-state index contributed by atoms with van der Waals surface area (Å²) in [6, 6.07) is 6.40. The van der Waals surface area contributed by atoms with Crippen molar-refractivity contribution in [3.63, 3.8) is 0 Å². The first-order chi connectivity index (χ1) is 15.8. The number of benzene rings is 1. The lowest BCUT2D eigenvalue weighted by atomic mass is 10.0. The Bertz CT molecular complexity index is 1250. The normalized spacial score (nSPS) is 10.6. The first kappa shape index (κ1) is 24.0. The van der Waals surface area contributed by atoms with E-state index in [9.17, 15) is 14.4 Å². The van der Waals surface area contributed by atoms with Gasteiger partial charge in [-0.15, -0.1) is 0 Å². The van der Waals surface area contributed by atoms with Gasteiger partial charge in [-0.2, -0.15) is 0 Å². The number of nitrogens with zero attached hydrogens (tertiary/aromatic N) is 1. The number of amides is 2. The molecule has 0 spiro atoms. The topological polar surface area (TPSA) is 111 Å². The highest BCUT2D eigenvalue weighted by molar-refractivity contribution is 6.32. The van der Waals surface area contributed by atoms with Crippen LogP contribution in [0.4, 0.5) is 0 Å². The standard InChI is InChI=1S/C24H24ClN3O5/c1-14(2)13-32-21-12-20-17(10-19(21)25)15(3)18(24(31)33-20)11-22(29)27-8-9-28-23(30)16-4-6-26-7-5-16/h4-7,10,12H,1,8-9,11,13H2,2-3H3,(H,27,29)(H,28,30). The van der Waals surface area contributed by atoms with Crippen LogP contribution in [0.25, 0.3) is 11.0 Å². The Hall–Kier alpha value is -3.65. The first-order valence-corrected chi connectivity index (χ1v) is 10.6. The Morgan fingerprint density at radius 1 is 1.18 bits per heavy atom. The molecule has 0 saturated heterocycles. The summed E-state index contributed by atoms with van der Waals surface area (Å²) in [6.45, 7) is 8.07. The molecule has 2 amide bonds. The van der Waals surface area contributed by atoms with Gasteiger partial charge in [0, 0.05) is 42.5 Å². The maximum atomic E-state index is 12.5. The third kappa shape index (κ3) is 6.20. The summed E-state index contributed by atoms with van der Waals surface area (Å²) >= 11 is 6.32. The molecular formula is C24H24ClN3O5. The minimum absolute atomic E-state index is 0.159. The van der Waals surface area contributed by atoms with Crippen molar-refractivity contribution in [2.24, 2.45) is 0 Å². The summed E-state index contributed by atoms with van der Waals surface area (Å²) < 4.78 is 11.0. The van der Waals surface area contributed by atoms with Gasteiger partial charge in [0.2, 0.25) is 5.91 Å². The molecule has 1 aromatic carbocycles. The number of carbonyl (C=O) groups excluding carboxylic acids is 2. The molecule has 172 valence electrons. The number of pyridine rings is 1. The minimum atomic E-state index is -0.602. The van der Waals surface area contributed by atoms with Crippen LogP contribution < -0.4 is 21.0 Å². The number of rotatable bonds is 9. The summed E-state index contributed by atoms with van der Waals surface area (Å²) in [4.78, 5) is 40.7. The summed E-state index contributed by atoms with van der Waals surface area (Å²) in [5, 5.41) is 6.37. The number of hydrogen-bond acceptors (Lipinski definition) is 6. The van der Waals surface area contributed by atoms with Crippen molar-refractivity contribution in [2.45, 2.75) is 20.3 Å². The van der Waals surface area contributed by atoms with Crippen LogP contribution in [0, 0.1) is 6.92 Å². The largest absolute Gasteiger partial charge is 0.488 e. The van der Waals surface area contributed by atoms with Crippen molar-refractivity contribution in [2.75, 3.05) is 19.7 Å². The molecule has 9 heteroatoms. The molecule has 8 nitrogen and oxygen atoms in total. The van der Waals surface area contributed by atoms with Gasteiger partial charge in [0.15, 0.2) is 0 Å². The first-order valence-electron chi connectivity index (χ1n) is 10.2. The van der Waals surface area contributed by atoms with E-state index in [4.69, 9.17) is 20.8 Å². The average Bonchev–Trinajstić information content (AvgIpc) is 2.79. The highest BCUT2D eigenvalue weighted by Gasteiger charge is 2.17. The predicted octanol–water partition coefficient (Wildman–Crippen LogP) is 3.19. The van der Waals surface area contributed by atoms with Crippen molar-refractivity contribution in [3.8, 4) is 5.75 Å². The average molecular weight is 470 g/mol. The van der Waals surface area contributed by atoms with Gasteiger partial charge in [-0.25, -0.2) is 4.79 Å². The second-order valence-electron chi connectivity index (χ2n) is 7.54. The fraction of sp³-hybridized carbons (Fsp3) is 0.250. The van der Waals surface area contributed by atoms with Gasteiger partial charge in [0.05, 0.1) is 17.0 Å². The van der Waals surface area contributed by atoms with Crippen molar-refractivity contribution in [3.05, 3.63) is 80.9 Å². The molecule has 0 unspecified atom stereocenters. The third-order valence-electron chi connectivity index (χ3n) is 4.83. The monoisotopic (exact) mass is 469 g/mol. The molecule has 0 bridgehead atoms. The van der Waals surface area contributed by atoms with Crippen molar-refractivity contribution in [1.82, 2.24) is 15.6 Å². The molecule has 3 rings (SSSR count). The van der Waals surface area contributed by atoms with Gasteiger partial charge >= 0.3 is 5.63 Å². The second kappa shape index (κ2) is 10.8. The molecular weight excluding hydrogens is 446 g/mol. The molecule has 2 N–H and O–H groups in total. The van der Waals surface area contributed by atoms with Crippen molar-refractivity contribution < 1.29 is 18.7 Å². The van der Waals surface area contributed by atoms with Gasteiger partial charge in [-0.05, 0) is 43.2 Å². The fourth-order valence-corrected chi connectivity index (χ4v) is 3.33. The van der Waals surface area contributed by atoms with Crippen LogP contribution in [-0.4, -0.2) is 36.5 Å². The van der Waals surface area contributed by atoms with Gasteiger partial charge in [0.1, 0.15) is 17.9 Å². The molecule has 0 fully saturated rings. The smallest absolute Gasteiger partial charge is 0.340 e. The number of ether oxygens (including phenoxy) is 1. The van der Waals surface area contributed by atoms with Gasteiger partial charge in [0.25, 0.3) is 5.91 Å². The predicted molar refractivity (Wildman–Crippen MR) is 126 cm³/mol. The molecule has 0 aliphatic carbocycles.